The summed E-state index contributed by atoms with van der Waals surface area (Å²) in [6.07, 6.45) is -1.05. The van der Waals surface area contributed by atoms with Crippen molar-refractivity contribution in [3.63, 3.8) is 0 Å². The Bertz CT molecular complexity index is 1300. The smallest absolute Gasteiger partial charge is 0.383 e. The van der Waals surface area contributed by atoms with E-state index in [4.69, 9.17) is 17.4 Å². The minimum atomic E-state index is -4.75. The number of benzene rings is 1. The Morgan fingerprint density at radius 1 is 1.19 bits per heavy atom. The van der Waals surface area contributed by atoms with Crippen LogP contribution in [-0.2, 0) is 6.18 Å². The number of hydrazine groups is 1. The number of pyridine rings is 1. The predicted molar refractivity (Wildman–Crippen MR) is 124 cm³/mol. The summed E-state index contributed by atoms with van der Waals surface area (Å²) in [6, 6.07) is 3.54. The Hall–Kier alpha value is -3.78. The van der Waals surface area contributed by atoms with Crippen LogP contribution >= 0.6 is 0 Å². The molecular formula is C22H24F5N9. The van der Waals surface area contributed by atoms with Crippen molar-refractivity contribution in [3.05, 3.63) is 59.0 Å². The van der Waals surface area contributed by atoms with Crippen molar-refractivity contribution >= 4 is 17.3 Å². The summed E-state index contributed by atoms with van der Waals surface area (Å²) >= 11 is 0. The fourth-order valence-electron chi connectivity index (χ4n) is 4.07. The number of amidine groups is 1. The van der Waals surface area contributed by atoms with Crippen LogP contribution in [-0.4, -0.2) is 33.7 Å². The molecule has 1 aliphatic heterocycles. The molecule has 1 aliphatic rings. The molecule has 0 aliphatic carbocycles. The van der Waals surface area contributed by atoms with Crippen molar-refractivity contribution in [1.82, 2.24) is 20.1 Å². The van der Waals surface area contributed by atoms with Crippen molar-refractivity contribution in [2.45, 2.75) is 32.0 Å². The molecule has 14 heteroatoms. The van der Waals surface area contributed by atoms with E-state index < -0.39 is 29.2 Å². The summed E-state index contributed by atoms with van der Waals surface area (Å²) < 4.78 is 71.7. The minimum Gasteiger partial charge on any atom is -0.383 e. The molecule has 1 fully saturated rings. The summed E-state index contributed by atoms with van der Waals surface area (Å²) in [5.41, 5.74) is 4.18. The number of alkyl halides is 3. The largest absolute Gasteiger partial charge is 0.435 e. The van der Waals surface area contributed by atoms with E-state index in [0.29, 0.717) is 30.9 Å². The van der Waals surface area contributed by atoms with Crippen LogP contribution in [0.1, 0.15) is 35.7 Å². The van der Waals surface area contributed by atoms with Crippen molar-refractivity contribution in [2.75, 3.05) is 23.8 Å². The summed E-state index contributed by atoms with van der Waals surface area (Å²) in [5.74, 6) is 8.55. The summed E-state index contributed by atoms with van der Waals surface area (Å²) in [7, 11) is 0. The maximum Gasteiger partial charge on any atom is 0.435 e. The molecule has 3 aromatic rings. The third-order valence-corrected chi connectivity index (χ3v) is 6.02. The lowest BCUT2D eigenvalue weighted by molar-refractivity contribution is -0.141. The first-order chi connectivity index (χ1) is 17.0. The van der Waals surface area contributed by atoms with E-state index in [9.17, 15) is 22.0 Å². The monoisotopic (exact) mass is 509 g/mol. The zero-order chi connectivity index (χ0) is 26.2. The molecule has 0 spiro atoms. The zero-order valence-corrected chi connectivity index (χ0v) is 19.2. The lowest BCUT2D eigenvalue weighted by Gasteiger charge is -2.23. The number of nitrogens with one attached hydrogen (secondary N) is 1. The molecule has 0 unspecified atom stereocenters. The lowest BCUT2D eigenvalue weighted by Crippen LogP contribution is -2.40. The summed E-state index contributed by atoms with van der Waals surface area (Å²) in [4.78, 5) is 3.98. The molecule has 36 heavy (non-hydrogen) atoms. The number of nitrogen functional groups attached to an aromatic ring is 1. The zero-order valence-electron chi connectivity index (χ0n) is 19.2. The van der Waals surface area contributed by atoms with E-state index in [0.717, 1.165) is 6.20 Å². The van der Waals surface area contributed by atoms with Crippen LogP contribution in [0.2, 0.25) is 0 Å². The Balaban J connectivity index is 1.79. The Kier molecular flexibility index (Phi) is 6.82. The number of aryl methyl sites for hydroxylation is 1. The molecule has 1 aromatic carbocycles. The second-order valence-electron chi connectivity index (χ2n) is 8.36. The van der Waals surface area contributed by atoms with E-state index >= 15 is 0 Å². The summed E-state index contributed by atoms with van der Waals surface area (Å²) in [5, 5.41) is 11.2. The van der Waals surface area contributed by atoms with Gasteiger partial charge in [0.25, 0.3) is 0 Å². The first-order valence-corrected chi connectivity index (χ1v) is 10.9. The van der Waals surface area contributed by atoms with Crippen LogP contribution in [0.3, 0.4) is 0 Å². The molecular weight excluding hydrogens is 485 g/mol. The number of aromatic nitrogens is 3. The topological polar surface area (TPSA) is 136 Å². The SMILES string of the molecule is Cc1ccc(N(N)/C(=N\N)c2cc(-c3cn(C4CCNCC4)nc3C(F)(F)F)cnc2N)c(F)c1F. The molecule has 1 saturated heterocycles. The van der Waals surface area contributed by atoms with Gasteiger partial charge in [-0.2, -0.15) is 23.4 Å². The Morgan fingerprint density at radius 2 is 1.89 bits per heavy atom. The number of hydrogen-bond acceptors (Lipinski definition) is 7. The maximum atomic E-state index is 14.6. The molecule has 0 radical (unpaired) electrons. The van der Waals surface area contributed by atoms with Gasteiger partial charge < -0.3 is 16.9 Å². The molecule has 192 valence electrons. The van der Waals surface area contributed by atoms with Gasteiger partial charge in [0.2, 0.25) is 0 Å². The number of hydrogen-bond donors (Lipinski definition) is 4. The van der Waals surface area contributed by atoms with Crippen molar-refractivity contribution in [1.29, 1.82) is 0 Å². The van der Waals surface area contributed by atoms with E-state index in [1.54, 1.807) is 0 Å². The number of anilines is 2. The van der Waals surface area contributed by atoms with E-state index in [2.05, 4.69) is 20.5 Å². The molecule has 3 heterocycles. The lowest BCUT2D eigenvalue weighted by atomic mass is 10.0. The van der Waals surface area contributed by atoms with Crippen LogP contribution in [0.5, 0.6) is 0 Å². The van der Waals surface area contributed by atoms with Gasteiger partial charge in [-0.1, -0.05) is 6.07 Å². The van der Waals surface area contributed by atoms with Gasteiger partial charge >= 0.3 is 6.18 Å². The molecule has 7 N–H and O–H groups in total. The minimum absolute atomic E-state index is 0.0109. The van der Waals surface area contributed by atoms with Crippen LogP contribution in [0.15, 0.2) is 35.7 Å². The second kappa shape index (κ2) is 9.70. The van der Waals surface area contributed by atoms with Crippen molar-refractivity contribution in [2.24, 2.45) is 16.8 Å². The molecule has 0 amide bonds. The fourth-order valence-corrected chi connectivity index (χ4v) is 4.07. The van der Waals surface area contributed by atoms with Gasteiger partial charge in [-0.15, -0.1) is 0 Å². The van der Waals surface area contributed by atoms with Crippen LogP contribution in [0.25, 0.3) is 11.1 Å². The van der Waals surface area contributed by atoms with Gasteiger partial charge in [-0.3, -0.25) is 9.69 Å². The van der Waals surface area contributed by atoms with Gasteiger partial charge in [-0.25, -0.2) is 19.6 Å². The molecule has 0 bridgehead atoms. The van der Waals surface area contributed by atoms with Gasteiger partial charge in [0, 0.05) is 23.5 Å². The first-order valence-electron chi connectivity index (χ1n) is 10.9. The molecule has 9 nitrogen and oxygen atoms in total. The highest BCUT2D eigenvalue weighted by molar-refractivity contribution is 6.12. The van der Waals surface area contributed by atoms with E-state index in [1.807, 2.05) is 0 Å². The van der Waals surface area contributed by atoms with Gasteiger partial charge in [0.1, 0.15) is 5.82 Å². The quantitative estimate of drug-likeness (QED) is 0.140. The van der Waals surface area contributed by atoms with Crippen LogP contribution in [0.4, 0.5) is 33.5 Å². The Labute approximate surface area is 202 Å². The number of piperidine rings is 1. The Morgan fingerprint density at radius 3 is 2.53 bits per heavy atom. The number of nitrogens with zero attached hydrogens (tertiary/aromatic N) is 5. The second-order valence-corrected chi connectivity index (χ2v) is 8.36. The molecule has 4 rings (SSSR count). The van der Waals surface area contributed by atoms with Gasteiger partial charge in [-0.05, 0) is 50.6 Å². The third kappa shape index (κ3) is 4.68. The molecule has 2 aromatic heterocycles. The van der Waals surface area contributed by atoms with E-state index in [1.165, 1.54) is 36.0 Å². The highest BCUT2D eigenvalue weighted by Crippen LogP contribution is 2.38. The molecule has 0 saturated carbocycles. The normalized spacial score (nSPS) is 15.4. The van der Waals surface area contributed by atoms with Gasteiger partial charge in [0.15, 0.2) is 23.2 Å². The van der Waals surface area contributed by atoms with Crippen molar-refractivity contribution < 1.29 is 22.0 Å². The maximum absolute atomic E-state index is 14.6. The van der Waals surface area contributed by atoms with Crippen molar-refractivity contribution in [3.8, 4) is 11.1 Å². The summed E-state index contributed by atoms with van der Waals surface area (Å²) in [6.45, 7) is 2.69. The van der Waals surface area contributed by atoms with Crippen LogP contribution < -0.4 is 27.7 Å². The third-order valence-electron chi connectivity index (χ3n) is 6.02. The number of rotatable bonds is 4. The average Bonchev–Trinajstić information content (AvgIpc) is 3.31. The van der Waals surface area contributed by atoms with E-state index in [-0.39, 0.29) is 39.9 Å². The highest BCUT2D eigenvalue weighted by atomic mass is 19.4. The number of hydrazone groups is 1. The van der Waals surface area contributed by atoms with Crippen LogP contribution in [0, 0.1) is 18.6 Å². The van der Waals surface area contributed by atoms with Gasteiger partial charge in [0.05, 0.1) is 17.3 Å². The number of halogens is 5. The highest BCUT2D eigenvalue weighted by Gasteiger charge is 2.38. The number of nitrogens with two attached hydrogens (primary N) is 3. The molecule has 0 atom stereocenters. The fraction of sp³-hybridized carbons (Fsp3) is 0.318. The predicted octanol–water partition coefficient (Wildman–Crippen LogP) is 3.06. The standard InChI is InChI=1S/C22H24F5N9/c1-11-2-3-16(18(24)17(11)23)36(30)21(33-29)14-8-12(9-32-20(14)28)15-10-35(13-4-6-31-7-5-13)34-19(15)22(25,26)27/h2-3,8-10,13,31H,4-7,29-30H2,1H3,(H2,28,32)/b33-21-. The average molecular weight is 509 g/mol. The first kappa shape index (κ1) is 25.3.